The topological polar surface area (TPSA) is 19.0 Å². The first-order valence-corrected chi connectivity index (χ1v) is 7.13. The number of thioether (sulfide) groups is 1. The molecule has 17 heavy (non-hydrogen) atoms. The summed E-state index contributed by atoms with van der Waals surface area (Å²) in [5.74, 6) is 0. The van der Waals surface area contributed by atoms with Crippen LogP contribution in [0.3, 0.4) is 0 Å². The minimum atomic E-state index is 1.09. The van der Waals surface area contributed by atoms with Crippen LogP contribution in [-0.4, -0.2) is 36.8 Å². The Morgan fingerprint density at radius 1 is 1.29 bits per heavy atom. The first-order valence-electron chi connectivity index (χ1n) is 5.91. The lowest BCUT2D eigenvalue weighted by molar-refractivity contribution is 0.414. The minimum absolute atomic E-state index is 1.09. The molecule has 0 saturated carbocycles. The maximum absolute atomic E-state index is 3.40. The molecule has 0 aliphatic rings. The molecular formula is C14H20N2S. The quantitative estimate of drug-likeness (QED) is 0.837. The second-order valence-corrected chi connectivity index (χ2v) is 5.61. The monoisotopic (exact) mass is 248 g/mol. The van der Waals surface area contributed by atoms with Gasteiger partial charge in [0.05, 0.1) is 0 Å². The Morgan fingerprint density at radius 3 is 2.71 bits per heavy atom. The summed E-state index contributed by atoms with van der Waals surface area (Å²) in [5.41, 5.74) is 4.05. The number of benzene rings is 1. The van der Waals surface area contributed by atoms with Crippen molar-refractivity contribution in [3.8, 4) is 0 Å². The molecule has 0 spiro atoms. The average molecular weight is 248 g/mol. The summed E-state index contributed by atoms with van der Waals surface area (Å²) in [6.45, 7) is 3.27. The molecule has 0 radical (unpaired) electrons. The van der Waals surface area contributed by atoms with Crippen LogP contribution >= 0.6 is 11.8 Å². The fraction of sp³-hybridized carbons (Fsp3) is 0.429. The third kappa shape index (κ3) is 2.67. The van der Waals surface area contributed by atoms with Gasteiger partial charge in [-0.05, 0) is 57.0 Å². The number of nitrogens with zero attached hydrogens (tertiary/aromatic N) is 1. The van der Waals surface area contributed by atoms with Crippen molar-refractivity contribution >= 4 is 22.7 Å². The highest BCUT2D eigenvalue weighted by molar-refractivity contribution is 7.98. The summed E-state index contributed by atoms with van der Waals surface area (Å²) in [7, 11) is 4.24. The zero-order chi connectivity index (χ0) is 12.4. The van der Waals surface area contributed by atoms with Crippen molar-refractivity contribution in [3.63, 3.8) is 0 Å². The van der Waals surface area contributed by atoms with Crippen LogP contribution in [0.15, 0.2) is 23.2 Å². The number of likely N-dealkylation sites (N-methyl/N-ethyl adjacent to an activating group) is 1. The summed E-state index contributed by atoms with van der Waals surface area (Å²) >= 11 is 1.81. The Bertz CT molecular complexity index is 514. The van der Waals surface area contributed by atoms with Crippen LogP contribution in [0.5, 0.6) is 0 Å². The number of nitrogens with one attached hydrogen (secondary N) is 1. The third-order valence-corrected chi connectivity index (χ3v) is 3.82. The van der Waals surface area contributed by atoms with E-state index in [-0.39, 0.29) is 0 Å². The number of H-pyrrole nitrogens is 1. The number of aromatic nitrogens is 1. The van der Waals surface area contributed by atoms with Gasteiger partial charge in [0.15, 0.2) is 0 Å². The maximum atomic E-state index is 3.40. The van der Waals surface area contributed by atoms with E-state index in [1.807, 2.05) is 11.8 Å². The van der Waals surface area contributed by atoms with Gasteiger partial charge in [0.25, 0.3) is 0 Å². The molecule has 0 aliphatic carbocycles. The van der Waals surface area contributed by atoms with Crippen LogP contribution in [-0.2, 0) is 6.42 Å². The van der Waals surface area contributed by atoms with Gasteiger partial charge in [0.1, 0.15) is 0 Å². The van der Waals surface area contributed by atoms with E-state index < -0.39 is 0 Å². The maximum Gasteiger partial charge on any atom is 0.0487 e. The predicted molar refractivity (Wildman–Crippen MR) is 77.1 cm³/mol. The summed E-state index contributed by atoms with van der Waals surface area (Å²) in [6, 6.07) is 4.55. The largest absolute Gasteiger partial charge is 0.361 e. The van der Waals surface area contributed by atoms with Gasteiger partial charge >= 0.3 is 0 Å². The molecule has 0 aliphatic heterocycles. The van der Waals surface area contributed by atoms with Crippen molar-refractivity contribution < 1.29 is 0 Å². The molecule has 1 aromatic heterocycles. The van der Waals surface area contributed by atoms with Crippen molar-refractivity contribution in [2.45, 2.75) is 18.2 Å². The summed E-state index contributed by atoms with van der Waals surface area (Å²) in [4.78, 5) is 6.98. The van der Waals surface area contributed by atoms with E-state index in [0.717, 1.165) is 13.0 Å². The molecule has 2 aromatic rings. The molecule has 0 unspecified atom stereocenters. The standard InChI is InChI=1S/C14H20N2S/c1-10-7-12(17-4)8-13-11(5-6-16(2)3)9-15-14(10)13/h7-9,15H,5-6H2,1-4H3. The van der Waals surface area contributed by atoms with E-state index in [1.165, 1.54) is 26.9 Å². The lowest BCUT2D eigenvalue weighted by Gasteiger charge is -2.08. The molecule has 2 rings (SSSR count). The molecule has 0 fully saturated rings. The highest BCUT2D eigenvalue weighted by Gasteiger charge is 2.07. The summed E-state index contributed by atoms with van der Waals surface area (Å²) < 4.78 is 0. The highest BCUT2D eigenvalue weighted by atomic mass is 32.2. The lowest BCUT2D eigenvalue weighted by Crippen LogP contribution is -2.14. The van der Waals surface area contributed by atoms with Crippen molar-refractivity contribution in [2.24, 2.45) is 0 Å². The van der Waals surface area contributed by atoms with Gasteiger partial charge in [-0.15, -0.1) is 11.8 Å². The molecule has 0 saturated heterocycles. The molecule has 1 N–H and O–H groups in total. The Balaban J connectivity index is 2.40. The van der Waals surface area contributed by atoms with Crippen LogP contribution in [0.2, 0.25) is 0 Å². The van der Waals surface area contributed by atoms with Crippen LogP contribution in [0.4, 0.5) is 0 Å². The molecule has 2 nitrogen and oxygen atoms in total. The van der Waals surface area contributed by atoms with E-state index in [0.29, 0.717) is 0 Å². The molecule has 0 bridgehead atoms. The van der Waals surface area contributed by atoms with Gasteiger partial charge in [0.2, 0.25) is 0 Å². The van der Waals surface area contributed by atoms with Crippen molar-refractivity contribution in [2.75, 3.05) is 26.9 Å². The zero-order valence-electron chi connectivity index (χ0n) is 11.0. The number of hydrogen-bond acceptors (Lipinski definition) is 2. The van der Waals surface area contributed by atoms with Crippen molar-refractivity contribution in [1.29, 1.82) is 0 Å². The Kier molecular flexibility index (Phi) is 3.79. The van der Waals surface area contributed by atoms with E-state index in [9.17, 15) is 0 Å². The molecular weight excluding hydrogens is 228 g/mol. The zero-order valence-corrected chi connectivity index (χ0v) is 11.8. The lowest BCUT2D eigenvalue weighted by atomic mass is 10.1. The van der Waals surface area contributed by atoms with Crippen LogP contribution in [0.25, 0.3) is 10.9 Å². The first kappa shape index (κ1) is 12.5. The van der Waals surface area contributed by atoms with Gasteiger partial charge in [0, 0.05) is 28.5 Å². The molecule has 92 valence electrons. The molecule has 1 heterocycles. The molecule has 0 amide bonds. The first-order chi connectivity index (χ1) is 8.11. The van der Waals surface area contributed by atoms with E-state index in [1.54, 1.807) is 0 Å². The number of hydrogen-bond donors (Lipinski definition) is 1. The molecule has 3 heteroatoms. The van der Waals surface area contributed by atoms with Gasteiger partial charge < -0.3 is 9.88 Å². The molecule has 1 aromatic carbocycles. The van der Waals surface area contributed by atoms with Crippen molar-refractivity contribution in [1.82, 2.24) is 9.88 Å². The van der Waals surface area contributed by atoms with Gasteiger partial charge in [-0.25, -0.2) is 0 Å². The smallest absolute Gasteiger partial charge is 0.0487 e. The number of rotatable bonds is 4. The Morgan fingerprint density at radius 2 is 2.06 bits per heavy atom. The minimum Gasteiger partial charge on any atom is -0.361 e. The normalized spacial score (nSPS) is 11.6. The fourth-order valence-corrected chi connectivity index (χ4v) is 2.64. The second-order valence-electron chi connectivity index (χ2n) is 4.73. The number of fused-ring (bicyclic) bond motifs is 1. The number of aromatic amines is 1. The van der Waals surface area contributed by atoms with E-state index in [2.05, 4.69) is 55.5 Å². The van der Waals surface area contributed by atoms with E-state index >= 15 is 0 Å². The van der Waals surface area contributed by atoms with Crippen LogP contribution < -0.4 is 0 Å². The van der Waals surface area contributed by atoms with Crippen LogP contribution in [0.1, 0.15) is 11.1 Å². The highest BCUT2D eigenvalue weighted by Crippen LogP contribution is 2.27. The predicted octanol–water partition coefficient (Wildman–Crippen LogP) is 3.30. The second kappa shape index (κ2) is 5.15. The average Bonchev–Trinajstić information content (AvgIpc) is 2.69. The molecule has 0 atom stereocenters. The third-order valence-electron chi connectivity index (χ3n) is 3.11. The Labute approximate surface area is 107 Å². The van der Waals surface area contributed by atoms with Crippen LogP contribution in [0, 0.1) is 6.92 Å². The van der Waals surface area contributed by atoms with E-state index in [4.69, 9.17) is 0 Å². The number of aryl methyl sites for hydroxylation is 1. The Hall–Kier alpha value is -0.930. The fourth-order valence-electron chi connectivity index (χ4n) is 2.10. The summed E-state index contributed by atoms with van der Waals surface area (Å²) in [6.07, 6.45) is 5.39. The van der Waals surface area contributed by atoms with Gasteiger partial charge in [-0.3, -0.25) is 0 Å². The SMILES string of the molecule is CSc1cc(C)c2[nH]cc(CCN(C)C)c2c1. The van der Waals surface area contributed by atoms with Gasteiger partial charge in [-0.2, -0.15) is 0 Å². The van der Waals surface area contributed by atoms with Gasteiger partial charge in [-0.1, -0.05) is 0 Å². The summed E-state index contributed by atoms with van der Waals surface area (Å²) in [5, 5.41) is 1.39. The van der Waals surface area contributed by atoms with Crippen molar-refractivity contribution in [3.05, 3.63) is 29.5 Å².